The Morgan fingerprint density at radius 2 is 2.06 bits per heavy atom. The van der Waals surface area contributed by atoms with Crippen molar-refractivity contribution in [2.75, 3.05) is 5.32 Å². The van der Waals surface area contributed by atoms with Crippen molar-refractivity contribution in [3.63, 3.8) is 0 Å². The van der Waals surface area contributed by atoms with E-state index in [1.54, 1.807) is 27.7 Å². The second kappa shape index (κ2) is 5.57. The van der Waals surface area contributed by atoms with E-state index in [4.69, 9.17) is 16.3 Å². The van der Waals surface area contributed by atoms with E-state index in [-0.39, 0.29) is 0 Å². The van der Waals surface area contributed by atoms with Crippen LogP contribution in [0.15, 0.2) is 18.2 Å². The van der Waals surface area contributed by atoms with Gasteiger partial charge in [-0.15, -0.1) is 0 Å². The molecule has 0 amide bonds. The smallest absolute Gasteiger partial charge is 0.328 e. The molecule has 18 heavy (non-hydrogen) atoms. The molecule has 100 valence electrons. The van der Waals surface area contributed by atoms with Crippen LogP contribution in [0, 0.1) is 5.82 Å². The summed E-state index contributed by atoms with van der Waals surface area (Å²) in [5, 5.41) is 3.18. The van der Waals surface area contributed by atoms with E-state index < -0.39 is 23.4 Å². The molecule has 3 nitrogen and oxygen atoms in total. The summed E-state index contributed by atoms with van der Waals surface area (Å²) in [5.41, 5.74) is -0.186. The zero-order chi connectivity index (χ0) is 13.9. The molecule has 0 aliphatic rings. The van der Waals surface area contributed by atoms with E-state index in [0.29, 0.717) is 10.7 Å². The first-order valence-corrected chi connectivity index (χ1v) is 6.01. The summed E-state index contributed by atoms with van der Waals surface area (Å²) in [6.07, 6.45) is 0. The number of benzene rings is 1. The maximum atomic E-state index is 13.1. The first-order valence-electron chi connectivity index (χ1n) is 5.63. The zero-order valence-electron chi connectivity index (χ0n) is 10.9. The molecule has 1 N–H and O–H groups in total. The van der Waals surface area contributed by atoms with Crippen LogP contribution in [-0.2, 0) is 9.53 Å². The molecule has 0 aliphatic heterocycles. The van der Waals surface area contributed by atoms with Crippen LogP contribution in [0.3, 0.4) is 0 Å². The minimum absolute atomic E-state index is 0.354. The minimum Gasteiger partial charge on any atom is -0.458 e. The molecular formula is C13H17ClFNO2. The standard InChI is InChI=1S/C13H17ClFNO2/c1-8(12(17)18-13(2,3)4)16-11-7-9(15)5-6-10(11)14/h5-8,16H,1-4H3. The fourth-order valence-electron chi connectivity index (χ4n) is 1.29. The van der Waals surface area contributed by atoms with Crippen LogP contribution in [0.4, 0.5) is 10.1 Å². The van der Waals surface area contributed by atoms with Crippen LogP contribution in [0.5, 0.6) is 0 Å². The topological polar surface area (TPSA) is 38.3 Å². The number of nitrogens with one attached hydrogen (secondary N) is 1. The summed E-state index contributed by atoms with van der Waals surface area (Å²) < 4.78 is 18.3. The Morgan fingerprint density at radius 1 is 1.44 bits per heavy atom. The Balaban J connectivity index is 2.72. The Kier molecular flexibility index (Phi) is 4.57. The van der Waals surface area contributed by atoms with Gasteiger partial charge in [-0.1, -0.05) is 11.6 Å². The predicted octanol–water partition coefficient (Wildman–Crippen LogP) is 3.62. The number of carbonyl (C=O) groups excluding carboxylic acids is 1. The van der Waals surface area contributed by atoms with Gasteiger partial charge in [0.15, 0.2) is 0 Å². The van der Waals surface area contributed by atoms with Gasteiger partial charge >= 0.3 is 5.97 Å². The van der Waals surface area contributed by atoms with Gasteiger partial charge < -0.3 is 10.1 Å². The van der Waals surface area contributed by atoms with E-state index in [9.17, 15) is 9.18 Å². The van der Waals surface area contributed by atoms with Gasteiger partial charge in [0.05, 0.1) is 10.7 Å². The summed E-state index contributed by atoms with van der Waals surface area (Å²) >= 11 is 5.90. The van der Waals surface area contributed by atoms with E-state index >= 15 is 0 Å². The number of hydrogen-bond donors (Lipinski definition) is 1. The van der Waals surface area contributed by atoms with Crippen molar-refractivity contribution in [3.05, 3.63) is 29.0 Å². The van der Waals surface area contributed by atoms with Gasteiger partial charge in [0.2, 0.25) is 0 Å². The van der Waals surface area contributed by atoms with Gasteiger partial charge in [0, 0.05) is 0 Å². The highest BCUT2D eigenvalue weighted by Crippen LogP contribution is 2.23. The average molecular weight is 274 g/mol. The van der Waals surface area contributed by atoms with Crippen LogP contribution in [0.1, 0.15) is 27.7 Å². The van der Waals surface area contributed by atoms with Gasteiger partial charge in [0.1, 0.15) is 17.5 Å². The molecule has 1 unspecified atom stereocenters. The highest BCUT2D eigenvalue weighted by atomic mass is 35.5. The van der Waals surface area contributed by atoms with Gasteiger partial charge in [-0.3, -0.25) is 0 Å². The summed E-state index contributed by atoms with van der Waals surface area (Å²) in [6.45, 7) is 6.99. The quantitative estimate of drug-likeness (QED) is 0.855. The number of halogens is 2. The molecule has 0 spiro atoms. The van der Waals surface area contributed by atoms with Crippen molar-refractivity contribution < 1.29 is 13.9 Å². The maximum Gasteiger partial charge on any atom is 0.328 e. The van der Waals surface area contributed by atoms with E-state index in [1.807, 2.05) is 0 Å². The number of anilines is 1. The lowest BCUT2D eigenvalue weighted by atomic mass is 10.2. The molecule has 0 radical (unpaired) electrons. The Hall–Kier alpha value is -1.29. The molecular weight excluding hydrogens is 257 g/mol. The molecule has 0 aliphatic carbocycles. The molecule has 5 heteroatoms. The molecule has 1 rings (SSSR count). The highest BCUT2D eigenvalue weighted by molar-refractivity contribution is 6.33. The lowest BCUT2D eigenvalue weighted by Crippen LogP contribution is -2.34. The van der Waals surface area contributed by atoms with Gasteiger partial charge in [-0.2, -0.15) is 0 Å². The second-order valence-corrected chi connectivity index (χ2v) is 5.43. The van der Waals surface area contributed by atoms with E-state index in [2.05, 4.69) is 5.32 Å². The first kappa shape index (κ1) is 14.8. The van der Waals surface area contributed by atoms with Gasteiger partial charge in [-0.25, -0.2) is 9.18 Å². The minimum atomic E-state index is -0.608. The van der Waals surface area contributed by atoms with Gasteiger partial charge in [0.25, 0.3) is 0 Å². The third-order valence-corrected chi connectivity index (χ3v) is 2.39. The second-order valence-electron chi connectivity index (χ2n) is 5.02. The number of esters is 1. The Morgan fingerprint density at radius 3 is 2.61 bits per heavy atom. The van der Waals surface area contributed by atoms with Crippen molar-refractivity contribution in [2.24, 2.45) is 0 Å². The summed E-state index contributed by atoms with van der Waals surface area (Å²) in [5.74, 6) is -0.832. The third kappa shape index (κ3) is 4.53. The van der Waals surface area contributed by atoms with E-state index in [1.165, 1.54) is 18.2 Å². The molecule has 0 heterocycles. The van der Waals surface area contributed by atoms with Crippen LogP contribution >= 0.6 is 11.6 Å². The van der Waals surface area contributed by atoms with Gasteiger partial charge in [-0.05, 0) is 45.9 Å². The summed E-state index contributed by atoms with van der Waals surface area (Å²) in [6, 6.07) is 3.32. The van der Waals surface area contributed by atoms with Crippen LogP contribution in [-0.4, -0.2) is 17.6 Å². The lowest BCUT2D eigenvalue weighted by molar-refractivity contribution is -0.155. The normalized spacial score (nSPS) is 13.0. The first-order chi connectivity index (χ1) is 8.19. The van der Waals surface area contributed by atoms with E-state index in [0.717, 1.165) is 0 Å². The average Bonchev–Trinajstić information content (AvgIpc) is 2.21. The molecule has 0 saturated carbocycles. The Bertz CT molecular complexity index is 443. The SMILES string of the molecule is CC(Nc1cc(F)ccc1Cl)C(=O)OC(C)(C)C. The monoisotopic (exact) mass is 273 g/mol. The van der Waals surface area contributed by atoms with Crippen molar-refractivity contribution >= 4 is 23.3 Å². The predicted molar refractivity (Wildman–Crippen MR) is 70.3 cm³/mol. The molecule has 0 aromatic heterocycles. The molecule has 0 saturated heterocycles. The van der Waals surface area contributed by atoms with Crippen LogP contribution in [0.2, 0.25) is 5.02 Å². The van der Waals surface area contributed by atoms with Crippen molar-refractivity contribution in [3.8, 4) is 0 Å². The largest absolute Gasteiger partial charge is 0.458 e. The fourth-order valence-corrected chi connectivity index (χ4v) is 1.46. The van der Waals surface area contributed by atoms with Crippen molar-refractivity contribution in [1.82, 2.24) is 0 Å². The highest BCUT2D eigenvalue weighted by Gasteiger charge is 2.22. The van der Waals surface area contributed by atoms with Crippen molar-refractivity contribution in [2.45, 2.75) is 39.3 Å². The number of rotatable bonds is 3. The lowest BCUT2D eigenvalue weighted by Gasteiger charge is -2.23. The molecule has 1 aromatic carbocycles. The van der Waals surface area contributed by atoms with Crippen LogP contribution < -0.4 is 5.32 Å². The third-order valence-electron chi connectivity index (χ3n) is 2.06. The molecule has 0 bridgehead atoms. The number of carbonyl (C=O) groups is 1. The number of hydrogen-bond acceptors (Lipinski definition) is 3. The van der Waals surface area contributed by atoms with Crippen LogP contribution in [0.25, 0.3) is 0 Å². The van der Waals surface area contributed by atoms with Crippen molar-refractivity contribution in [1.29, 1.82) is 0 Å². The summed E-state index contributed by atoms with van der Waals surface area (Å²) in [4.78, 5) is 11.7. The Labute approximate surface area is 111 Å². The molecule has 1 atom stereocenters. The zero-order valence-corrected chi connectivity index (χ0v) is 11.6. The molecule has 0 fully saturated rings. The maximum absolute atomic E-state index is 13.1. The number of ether oxygens (including phenoxy) is 1. The summed E-state index contributed by atoms with van der Waals surface area (Å²) in [7, 11) is 0. The fraction of sp³-hybridized carbons (Fsp3) is 0.462. The molecule has 1 aromatic rings.